The minimum atomic E-state index is -0.359. The molecule has 6 nitrogen and oxygen atoms in total. The van der Waals surface area contributed by atoms with Crippen LogP contribution in [0.1, 0.15) is 27.9 Å². The number of thiazole rings is 1. The number of hydrogen-bond donors (Lipinski definition) is 0. The van der Waals surface area contributed by atoms with E-state index in [9.17, 15) is 4.79 Å². The molecule has 2 rings (SSSR count). The monoisotopic (exact) mass is 294 g/mol. The molecule has 0 aromatic carbocycles. The van der Waals surface area contributed by atoms with E-state index in [-0.39, 0.29) is 5.97 Å². The van der Waals surface area contributed by atoms with Crippen LogP contribution in [0, 0.1) is 6.92 Å². The van der Waals surface area contributed by atoms with Crippen molar-refractivity contribution in [3.05, 3.63) is 28.5 Å². The van der Waals surface area contributed by atoms with Gasteiger partial charge in [-0.3, -0.25) is 4.68 Å². The van der Waals surface area contributed by atoms with Crippen LogP contribution in [0.25, 0.3) is 0 Å². The van der Waals surface area contributed by atoms with Crippen LogP contribution in [-0.4, -0.2) is 34.4 Å². The van der Waals surface area contributed by atoms with Crippen LogP contribution in [0.2, 0.25) is 0 Å². The van der Waals surface area contributed by atoms with Crippen molar-refractivity contribution in [2.45, 2.75) is 20.4 Å². The first-order chi connectivity index (χ1) is 9.51. The van der Waals surface area contributed by atoms with E-state index < -0.39 is 0 Å². The van der Waals surface area contributed by atoms with Gasteiger partial charge in [0.15, 0.2) is 10.8 Å². The largest absolute Gasteiger partial charge is 0.461 e. The number of anilines is 1. The molecular formula is C13H18N4O2S. The van der Waals surface area contributed by atoms with Gasteiger partial charge in [0, 0.05) is 37.3 Å². The maximum Gasteiger partial charge on any atom is 0.358 e. The van der Waals surface area contributed by atoms with Crippen LogP contribution in [0.5, 0.6) is 0 Å². The topological polar surface area (TPSA) is 60.2 Å². The lowest BCUT2D eigenvalue weighted by Gasteiger charge is -2.13. The predicted molar refractivity (Wildman–Crippen MR) is 78.1 cm³/mol. The van der Waals surface area contributed by atoms with E-state index in [4.69, 9.17) is 4.74 Å². The Morgan fingerprint density at radius 1 is 1.55 bits per heavy atom. The normalized spacial score (nSPS) is 10.6. The number of nitrogens with zero attached hydrogens (tertiary/aromatic N) is 4. The Labute approximate surface area is 122 Å². The second kappa shape index (κ2) is 6.04. The number of aromatic nitrogens is 3. The van der Waals surface area contributed by atoms with Crippen molar-refractivity contribution < 1.29 is 9.53 Å². The fraction of sp³-hybridized carbons (Fsp3) is 0.462. The SMILES string of the molecule is CCOC(=O)c1nc(N(C)Cc2cnn(C)c2)sc1C. The highest BCUT2D eigenvalue weighted by molar-refractivity contribution is 7.15. The first-order valence-corrected chi connectivity index (χ1v) is 7.16. The predicted octanol–water partition coefficient (Wildman–Crippen LogP) is 2.00. The Kier molecular flexibility index (Phi) is 4.39. The quantitative estimate of drug-likeness (QED) is 0.789. The molecule has 0 bridgehead atoms. The number of aryl methyl sites for hydroxylation is 2. The van der Waals surface area contributed by atoms with Gasteiger partial charge in [0.05, 0.1) is 12.8 Å². The maximum atomic E-state index is 11.8. The highest BCUT2D eigenvalue weighted by Gasteiger charge is 2.18. The van der Waals surface area contributed by atoms with E-state index in [1.54, 1.807) is 11.6 Å². The van der Waals surface area contributed by atoms with Crippen LogP contribution in [0.3, 0.4) is 0 Å². The Morgan fingerprint density at radius 2 is 2.30 bits per heavy atom. The van der Waals surface area contributed by atoms with Crippen molar-refractivity contribution in [3.63, 3.8) is 0 Å². The van der Waals surface area contributed by atoms with Crippen LogP contribution < -0.4 is 4.90 Å². The molecule has 2 aromatic rings. The Morgan fingerprint density at radius 3 is 2.90 bits per heavy atom. The van der Waals surface area contributed by atoms with E-state index in [1.165, 1.54) is 11.3 Å². The number of esters is 1. The molecule has 0 fully saturated rings. The maximum absolute atomic E-state index is 11.8. The molecule has 0 saturated heterocycles. The first kappa shape index (κ1) is 14.5. The van der Waals surface area contributed by atoms with E-state index in [0.29, 0.717) is 18.8 Å². The smallest absolute Gasteiger partial charge is 0.358 e. The van der Waals surface area contributed by atoms with Gasteiger partial charge in [-0.1, -0.05) is 0 Å². The van der Waals surface area contributed by atoms with Crippen LogP contribution in [-0.2, 0) is 18.3 Å². The van der Waals surface area contributed by atoms with E-state index >= 15 is 0 Å². The average molecular weight is 294 g/mol. The van der Waals surface area contributed by atoms with Gasteiger partial charge in [-0.2, -0.15) is 5.10 Å². The summed E-state index contributed by atoms with van der Waals surface area (Å²) in [4.78, 5) is 19.0. The highest BCUT2D eigenvalue weighted by Crippen LogP contribution is 2.26. The molecule has 2 aromatic heterocycles. The van der Waals surface area contributed by atoms with Crippen LogP contribution in [0.4, 0.5) is 5.13 Å². The number of carbonyl (C=O) groups is 1. The molecule has 2 heterocycles. The molecule has 0 amide bonds. The molecule has 0 aliphatic carbocycles. The standard InChI is InChI=1S/C13H18N4O2S/c1-5-19-12(18)11-9(2)20-13(15-11)16(3)7-10-6-14-17(4)8-10/h6,8H,5,7H2,1-4H3. The molecule has 0 unspecified atom stereocenters. The summed E-state index contributed by atoms with van der Waals surface area (Å²) in [6.45, 7) is 4.72. The van der Waals surface area contributed by atoms with Gasteiger partial charge in [-0.05, 0) is 13.8 Å². The second-order valence-electron chi connectivity index (χ2n) is 4.50. The lowest BCUT2D eigenvalue weighted by molar-refractivity contribution is 0.0519. The molecule has 0 aliphatic heterocycles. The average Bonchev–Trinajstić information content (AvgIpc) is 2.96. The van der Waals surface area contributed by atoms with Crippen LogP contribution >= 0.6 is 11.3 Å². The summed E-state index contributed by atoms with van der Waals surface area (Å²) in [6.07, 6.45) is 3.78. The second-order valence-corrected chi connectivity index (χ2v) is 5.68. The third-order valence-corrected chi connectivity index (χ3v) is 3.84. The minimum Gasteiger partial charge on any atom is -0.461 e. The molecule has 20 heavy (non-hydrogen) atoms. The zero-order valence-corrected chi connectivity index (χ0v) is 12.9. The Bertz CT molecular complexity index is 605. The molecule has 108 valence electrons. The first-order valence-electron chi connectivity index (χ1n) is 6.34. The van der Waals surface area contributed by atoms with Crippen molar-refractivity contribution in [3.8, 4) is 0 Å². The number of ether oxygens (including phenoxy) is 1. The van der Waals surface area contributed by atoms with Crippen molar-refractivity contribution >= 4 is 22.4 Å². The number of rotatable bonds is 5. The summed E-state index contributed by atoms with van der Waals surface area (Å²) in [6, 6.07) is 0. The molecule has 0 spiro atoms. The van der Waals surface area contributed by atoms with Crippen molar-refractivity contribution in [2.75, 3.05) is 18.6 Å². The number of carbonyl (C=O) groups excluding carboxylic acids is 1. The summed E-state index contributed by atoms with van der Waals surface area (Å²) in [5.41, 5.74) is 1.51. The zero-order valence-electron chi connectivity index (χ0n) is 12.1. The molecule has 0 saturated carbocycles. The van der Waals surface area contributed by atoms with Gasteiger partial charge in [-0.15, -0.1) is 11.3 Å². The fourth-order valence-corrected chi connectivity index (χ4v) is 2.69. The molecular weight excluding hydrogens is 276 g/mol. The Balaban J connectivity index is 2.12. The van der Waals surface area contributed by atoms with Crippen molar-refractivity contribution in [2.24, 2.45) is 7.05 Å². The molecule has 7 heteroatoms. The van der Waals surface area contributed by atoms with Gasteiger partial charge in [0.2, 0.25) is 0 Å². The van der Waals surface area contributed by atoms with Gasteiger partial charge in [-0.25, -0.2) is 9.78 Å². The third-order valence-electron chi connectivity index (χ3n) is 2.76. The summed E-state index contributed by atoms with van der Waals surface area (Å²) in [5, 5.41) is 4.94. The van der Waals surface area contributed by atoms with Gasteiger partial charge < -0.3 is 9.64 Å². The van der Waals surface area contributed by atoms with E-state index in [0.717, 1.165) is 15.6 Å². The zero-order chi connectivity index (χ0) is 14.7. The van der Waals surface area contributed by atoms with Crippen molar-refractivity contribution in [1.29, 1.82) is 0 Å². The minimum absolute atomic E-state index is 0.358. The third kappa shape index (κ3) is 3.16. The van der Waals surface area contributed by atoms with Gasteiger partial charge >= 0.3 is 5.97 Å². The lowest BCUT2D eigenvalue weighted by atomic mass is 10.3. The Hall–Kier alpha value is -1.89. The fourth-order valence-electron chi connectivity index (χ4n) is 1.83. The van der Waals surface area contributed by atoms with Gasteiger partial charge in [0.1, 0.15) is 0 Å². The van der Waals surface area contributed by atoms with E-state index in [2.05, 4.69) is 10.1 Å². The number of hydrogen-bond acceptors (Lipinski definition) is 6. The van der Waals surface area contributed by atoms with E-state index in [1.807, 2.05) is 38.3 Å². The molecule has 0 radical (unpaired) electrons. The highest BCUT2D eigenvalue weighted by atomic mass is 32.1. The molecule has 0 atom stereocenters. The summed E-state index contributed by atoms with van der Waals surface area (Å²) in [7, 11) is 3.83. The molecule has 0 N–H and O–H groups in total. The summed E-state index contributed by atoms with van der Waals surface area (Å²) >= 11 is 1.49. The lowest BCUT2D eigenvalue weighted by Crippen LogP contribution is -2.16. The summed E-state index contributed by atoms with van der Waals surface area (Å²) in [5.74, 6) is -0.359. The summed E-state index contributed by atoms with van der Waals surface area (Å²) < 4.78 is 6.76. The molecule has 0 aliphatic rings. The van der Waals surface area contributed by atoms with Crippen molar-refractivity contribution in [1.82, 2.24) is 14.8 Å². The van der Waals surface area contributed by atoms with Gasteiger partial charge in [0.25, 0.3) is 0 Å². The van der Waals surface area contributed by atoms with Crippen LogP contribution in [0.15, 0.2) is 12.4 Å².